The average molecular weight is 275 g/mol. The van der Waals surface area contributed by atoms with E-state index in [1.165, 1.54) is 24.3 Å². The van der Waals surface area contributed by atoms with Crippen molar-refractivity contribution >= 4 is 11.8 Å². The lowest BCUT2D eigenvalue weighted by Crippen LogP contribution is -2.50. The summed E-state index contributed by atoms with van der Waals surface area (Å²) in [5.74, 6) is 2.44. The maximum absolute atomic E-state index is 9.66. The Labute approximate surface area is 114 Å². The van der Waals surface area contributed by atoms with Gasteiger partial charge in [0.05, 0.1) is 18.3 Å². The van der Waals surface area contributed by atoms with Crippen LogP contribution in [0.4, 0.5) is 0 Å². The van der Waals surface area contributed by atoms with Crippen molar-refractivity contribution in [1.29, 1.82) is 0 Å². The molecule has 5 heteroatoms. The van der Waals surface area contributed by atoms with Crippen LogP contribution in [0.3, 0.4) is 0 Å². The highest BCUT2D eigenvalue weighted by atomic mass is 32.2. The van der Waals surface area contributed by atoms with E-state index in [9.17, 15) is 5.11 Å². The normalized spacial score (nSPS) is 29.3. The summed E-state index contributed by atoms with van der Waals surface area (Å²) >= 11 is 2.03. The predicted molar refractivity (Wildman–Crippen MR) is 74.1 cm³/mol. The summed E-state index contributed by atoms with van der Waals surface area (Å²) < 4.78 is 11.0. The molecule has 2 rings (SSSR count). The molecular weight excluding hydrogens is 250 g/mol. The largest absolute Gasteiger partial charge is 0.389 e. The zero-order chi connectivity index (χ0) is 12.8. The first-order valence-corrected chi connectivity index (χ1v) is 8.02. The number of ether oxygens (including phenoxy) is 2. The predicted octanol–water partition coefficient (Wildman–Crippen LogP) is 1.03. The number of hydrogen-bond donors (Lipinski definition) is 2. The van der Waals surface area contributed by atoms with E-state index in [4.69, 9.17) is 9.47 Å². The van der Waals surface area contributed by atoms with Crippen LogP contribution in [0, 0.1) is 0 Å². The van der Waals surface area contributed by atoms with Crippen LogP contribution >= 0.6 is 11.8 Å². The maximum atomic E-state index is 9.66. The summed E-state index contributed by atoms with van der Waals surface area (Å²) in [4.78, 5) is 0. The first kappa shape index (κ1) is 14.6. The van der Waals surface area contributed by atoms with Crippen LogP contribution in [0.2, 0.25) is 0 Å². The minimum absolute atomic E-state index is 0.118. The molecule has 0 radical (unpaired) electrons. The molecule has 106 valence electrons. The third-order valence-corrected chi connectivity index (χ3v) is 4.88. The zero-order valence-corrected chi connectivity index (χ0v) is 12.0. The number of aliphatic hydroxyl groups excluding tert-OH is 1. The summed E-state index contributed by atoms with van der Waals surface area (Å²) in [6.45, 7) is 1.87. The average Bonchev–Trinajstić information content (AvgIpc) is 2.38. The highest BCUT2D eigenvalue weighted by Crippen LogP contribution is 2.37. The van der Waals surface area contributed by atoms with Gasteiger partial charge in [-0.3, -0.25) is 0 Å². The van der Waals surface area contributed by atoms with Gasteiger partial charge in [0.1, 0.15) is 0 Å². The van der Waals surface area contributed by atoms with Crippen LogP contribution in [0.15, 0.2) is 0 Å². The van der Waals surface area contributed by atoms with Gasteiger partial charge in [-0.2, -0.15) is 11.8 Å². The SMILES string of the molecule is COCC(O)CNC1CCOC2(CCSCC2)C1. The molecule has 4 nitrogen and oxygen atoms in total. The smallest absolute Gasteiger partial charge is 0.0897 e. The molecule has 1 spiro atoms. The van der Waals surface area contributed by atoms with Gasteiger partial charge >= 0.3 is 0 Å². The van der Waals surface area contributed by atoms with Crippen molar-refractivity contribution < 1.29 is 14.6 Å². The highest BCUT2D eigenvalue weighted by molar-refractivity contribution is 7.99. The molecule has 0 aliphatic carbocycles. The minimum Gasteiger partial charge on any atom is -0.389 e. The van der Waals surface area contributed by atoms with Crippen molar-refractivity contribution in [3.05, 3.63) is 0 Å². The van der Waals surface area contributed by atoms with Crippen molar-refractivity contribution in [3.63, 3.8) is 0 Å². The summed E-state index contributed by atoms with van der Waals surface area (Å²) in [6.07, 6.45) is 4.09. The topological polar surface area (TPSA) is 50.7 Å². The molecule has 0 aromatic heterocycles. The molecule has 0 aromatic carbocycles. The zero-order valence-electron chi connectivity index (χ0n) is 11.2. The molecule has 0 aromatic rings. The van der Waals surface area contributed by atoms with Crippen molar-refractivity contribution in [2.24, 2.45) is 0 Å². The molecule has 2 atom stereocenters. The van der Waals surface area contributed by atoms with E-state index in [1.807, 2.05) is 11.8 Å². The lowest BCUT2D eigenvalue weighted by molar-refractivity contribution is -0.0941. The van der Waals surface area contributed by atoms with Crippen LogP contribution < -0.4 is 5.32 Å². The molecule has 18 heavy (non-hydrogen) atoms. The van der Waals surface area contributed by atoms with E-state index in [-0.39, 0.29) is 5.60 Å². The molecule has 2 N–H and O–H groups in total. The van der Waals surface area contributed by atoms with Crippen LogP contribution in [-0.2, 0) is 9.47 Å². The molecule has 2 fully saturated rings. The molecule has 0 amide bonds. The van der Waals surface area contributed by atoms with Gasteiger partial charge in [0.25, 0.3) is 0 Å². The quantitative estimate of drug-likeness (QED) is 0.785. The number of rotatable bonds is 5. The number of hydrogen-bond acceptors (Lipinski definition) is 5. The molecule has 2 saturated heterocycles. The Balaban J connectivity index is 1.76. The molecule has 2 unspecified atom stereocenters. The number of aliphatic hydroxyl groups is 1. The third-order valence-electron chi connectivity index (χ3n) is 3.90. The Kier molecular flexibility index (Phi) is 5.76. The van der Waals surface area contributed by atoms with E-state index in [0.717, 1.165) is 19.4 Å². The molecule has 2 aliphatic rings. The summed E-state index contributed by atoms with van der Waals surface area (Å²) in [6, 6.07) is 0.480. The van der Waals surface area contributed by atoms with Gasteiger partial charge in [0, 0.05) is 26.3 Å². The van der Waals surface area contributed by atoms with Crippen molar-refractivity contribution in [2.45, 2.75) is 43.4 Å². The van der Waals surface area contributed by atoms with Gasteiger partial charge in [-0.25, -0.2) is 0 Å². The highest BCUT2D eigenvalue weighted by Gasteiger charge is 2.38. The standard InChI is InChI=1S/C13H25NO3S/c1-16-10-12(15)9-14-11-2-5-17-13(8-11)3-6-18-7-4-13/h11-12,14-15H,2-10H2,1H3. The van der Waals surface area contributed by atoms with E-state index in [1.54, 1.807) is 7.11 Å². The van der Waals surface area contributed by atoms with Gasteiger partial charge in [-0.05, 0) is 37.2 Å². The van der Waals surface area contributed by atoms with Crippen molar-refractivity contribution in [1.82, 2.24) is 5.32 Å². The van der Waals surface area contributed by atoms with Gasteiger partial charge in [0.2, 0.25) is 0 Å². The second-order valence-corrected chi connectivity index (χ2v) is 6.58. The third kappa shape index (κ3) is 4.10. The molecule has 0 saturated carbocycles. The summed E-state index contributed by atoms with van der Waals surface area (Å²) in [5, 5.41) is 13.1. The molecule has 2 heterocycles. The van der Waals surface area contributed by atoms with Gasteiger partial charge in [-0.1, -0.05) is 0 Å². The lowest BCUT2D eigenvalue weighted by Gasteiger charge is -2.43. The number of nitrogens with one attached hydrogen (secondary N) is 1. The van der Waals surface area contributed by atoms with Gasteiger partial charge < -0.3 is 19.9 Å². The fraction of sp³-hybridized carbons (Fsp3) is 1.00. The second-order valence-electron chi connectivity index (χ2n) is 5.35. The van der Waals surface area contributed by atoms with Crippen LogP contribution in [-0.4, -0.2) is 61.2 Å². The minimum atomic E-state index is -0.407. The maximum Gasteiger partial charge on any atom is 0.0897 e. The van der Waals surface area contributed by atoms with E-state index >= 15 is 0 Å². The Morgan fingerprint density at radius 3 is 3.00 bits per heavy atom. The van der Waals surface area contributed by atoms with Gasteiger partial charge in [-0.15, -0.1) is 0 Å². The fourth-order valence-corrected chi connectivity index (χ4v) is 4.08. The van der Waals surface area contributed by atoms with Crippen molar-refractivity contribution in [3.8, 4) is 0 Å². The van der Waals surface area contributed by atoms with E-state index in [2.05, 4.69) is 5.32 Å². The fourth-order valence-electron chi connectivity index (χ4n) is 2.85. The molecular formula is C13H25NO3S. The Hall–Kier alpha value is 0.190. The number of thioether (sulfide) groups is 1. The van der Waals surface area contributed by atoms with Crippen LogP contribution in [0.1, 0.15) is 25.7 Å². The Morgan fingerprint density at radius 1 is 1.50 bits per heavy atom. The number of methoxy groups -OCH3 is 1. The lowest BCUT2D eigenvalue weighted by atomic mass is 9.85. The second kappa shape index (κ2) is 7.10. The Bertz CT molecular complexity index is 241. The Morgan fingerprint density at radius 2 is 2.28 bits per heavy atom. The van der Waals surface area contributed by atoms with E-state index in [0.29, 0.717) is 19.2 Å². The van der Waals surface area contributed by atoms with Crippen molar-refractivity contribution in [2.75, 3.05) is 38.4 Å². The molecule has 0 bridgehead atoms. The first-order chi connectivity index (χ1) is 8.74. The first-order valence-electron chi connectivity index (χ1n) is 6.86. The van der Waals surface area contributed by atoms with Gasteiger partial charge in [0.15, 0.2) is 0 Å². The monoisotopic (exact) mass is 275 g/mol. The molecule has 2 aliphatic heterocycles. The van der Waals surface area contributed by atoms with Crippen LogP contribution in [0.25, 0.3) is 0 Å². The summed E-state index contributed by atoms with van der Waals surface area (Å²) in [5.41, 5.74) is 0.118. The van der Waals surface area contributed by atoms with E-state index < -0.39 is 6.10 Å². The summed E-state index contributed by atoms with van der Waals surface area (Å²) in [7, 11) is 1.62. The van der Waals surface area contributed by atoms with Crippen LogP contribution in [0.5, 0.6) is 0 Å².